The molecule has 1 heterocycles. The lowest BCUT2D eigenvalue weighted by Crippen LogP contribution is -2.50. The number of amides is 2. The van der Waals surface area contributed by atoms with Crippen LogP contribution in [0.2, 0.25) is 0 Å². The lowest BCUT2D eigenvalue weighted by Gasteiger charge is -2.31. The van der Waals surface area contributed by atoms with Crippen LogP contribution in [0.15, 0.2) is 0 Å². The number of carbonyl (C=O) groups is 2. The van der Waals surface area contributed by atoms with Gasteiger partial charge in [-0.3, -0.25) is 9.59 Å². The van der Waals surface area contributed by atoms with Crippen molar-refractivity contribution in [3.8, 4) is 0 Å². The summed E-state index contributed by atoms with van der Waals surface area (Å²) in [6.07, 6.45) is 5.91. The van der Waals surface area contributed by atoms with Crippen molar-refractivity contribution in [3.05, 3.63) is 0 Å². The maximum atomic E-state index is 12.9. The van der Waals surface area contributed by atoms with E-state index >= 15 is 0 Å². The van der Waals surface area contributed by atoms with Crippen molar-refractivity contribution in [2.45, 2.75) is 64.0 Å². The minimum Gasteiger partial charge on any atom is -0.352 e. The number of sulfone groups is 1. The third-order valence-electron chi connectivity index (χ3n) is 5.54. The zero-order valence-electron chi connectivity index (χ0n) is 13.7. The van der Waals surface area contributed by atoms with Gasteiger partial charge in [-0.05, 0) is 39.0 Å². The van der Waals surface area contributed by atoms with E-state index < -0.39 is 15.3 Å². The number of carbonyl (C=O) groups excluding carboxylic acids is 2. The van der Waals surface area contributed by atoms with Gasteiger partial charge in [0, 0.05) is 18.6 Å². The highest BCUT2D eigenvalue weighted by Gasteiger charge is 2.59. The highest BCUT2D eigenvalue weighted by Crippen LogP contribution is 2.48. The Kier molecular flexibility index (Phi) is 4.42. The molecule has 3 fully saturated rings. The summed E-state index contributed by atoms with van der Waals surface area (Å²) in [7, 11) is -3.04. The maximum Gasteiger partial charge on any atom is 0.238 e. The zero-order chi connectivity index (χ0) is 16.7. The number of nitrogens with zero attached hydrogens (tertiary/aromatic N) is 1. The smallest absolute Gasteiger partial charge is 0.238 e. The third kappa shape index (κ3) is 3.25. The van der Waals surface area contributed by atoms with E-state index in [9.17, 15) is 18.0 Å². The molecule has 0 aromatic carbocycles. The van der Waals surface area contributed by atoms with Crippen molar-refractivity contribution in [3.63, 3.8) is 0 Å². The van der Waals surface area contributed by atoms with Crippen LogP contribution in [0.4, 0.5) is 0 Å². The van der Waals surface area contributed by atoms with E-state index in [2.05, 4.69) is 5.32 Å². The van der Waals surface area contributed by atoms with Crippen molar-refractivity contribution in [1.29, 1.82) is 0 Å². The van der Waals surface area contributed by atoms with Crippen molar-refractivity contribution >= 4 is 21.7 Å². The van der Waals surface area contributed by atoms with Gasteiger partial charge in [0.2, 0.25) is 11.8 Å². The highest BCUT2D eigenvalue weighted by molar-refractivity contribution is 7.91. The Morgan fingerprint density at radius 1 is 1.17 bits per heavy atom. The van der Waals surface area contributed by atoms with E-state index in [4.69, 9.17) is 0 Å². The predicted molar refractivity (Wildman–Crippen MR) is 86.5 cm³/mol. The van der Waals surface area contributed by atoms with E-state index in [0.717, 1.165) is 25.7 Å². The van der Waals surface area contributed by atoms with E-state index in [1.165, 1.54) is 0 Å². The van der Waals surface area contributed by atoms with Crippen LogP contribution in [-0.4, -0.2) is 55.3 Å². The van der Waals surface area contributed by atoms with Crippen LogP contribution in [0, 0.1) is 5.41 Å². The Morgan fingerprint density at radius 3 is 2.30 bits per heavy atom. The molecular formula is C16H26N2O4S. The molecule has 3 aliphatic rings. The second kappa shape index (κ2) is 6.07. The summed E-state index contributed by atoms with van der Waals surface area (Å²) in [6.45, 7) is 2.31. The summed E-state index contributed by atoms with van der Waals surface area (Å²) in [4.78, 5) is 27.2. The SMILES string of the molecule is CCN(C(=O)C1(C(=O)NC2CCCC2)CC1)C1CCS(=O)(=O)C1. The topological polar surface area (TPSA) is 83.6 Å². The molecule has 0 spiro atoms. The third-order valence-corrected chi connectivity index (χ3v) is 7.29. The minimum absolute atomic E-state index is 0.0346. The molecule has 1 unspecified atom stereocenters. The van der Waals surface area contributed by atoms with E-state index in [1.54, 1.807) is 4.90 Å². The molecule has 130 valence electrons. The van der Waals surface area contributed by atoms with Gasteiger partial charge >= 0.3 is 0 Å². The molecule has 7 heteroatoms. The monoisotopic (exact) mass is 342 g/mol. The molecule has 3 rings (SSSR count). The normalized spacial score (nSPS) is 28.5. The standard InChI is InChI=1S/C16H26N2O4S/c1-2-18(13-7-10-23(21,22)11-13)15(20)16(8-9-16)14(19)17-12-5-3-4-6-12/h12-13H,2-11H2,1H3,(H,17,19). The molecule has 0 aromatic heterocycles. The second-order valence-electron chi connectivity index (χ2n) is 7.18. The maximum absolute atomic E-state index is 12.9. The van der Waals surface area contributed by atoms with E-state index in [0.29, 0.717) is 25.8 Å². The van der Waals surface area contributed by atoms with Crippen molar-refractivity contribution in [1.82, 2.24) is 10.2 Å². The molecule has 0 aromatic rings. The number of hydrogen-bond donors (Lipinski definition) is 1. The molecule has 2 aliphatic carbocycles. The molecule has 1 atom stereocenters. The van der Waals surface area contributed by atoms with Gasteiger partial charge in [-0.2, -0.15) is 0 Å². The average molecular weight is 342 g/mol. The Labute approximate surface area is 137 Å². The molecule has 6 nitrogen and oxygen atoms in total. The second-order valence-corrected chi connectivity index (χ2v) is 9.41. The summed E-state index contributed by atoms with van der Waals surface area (Å²) in [5, 5.41) is 3.04. The van der Waals surface area contributed by atoms with E-state index in [1.807, 2.05) is 6.92 Å². The zero-order valence-corrected chi connectivity index (χ0v) is 14.5. The van der Waals surface area contributed by atoms with Crippen LogP contribution in [0.5, 0.6) is 0 Å². The lowest BCUT2D eigenvalue weighted by atomic mass is 10.0. The molecule has 1 N–H and O–H groups in total. The first kappa shape index (κ1) is 16.7. The highest BCUT2D eigenvalue weighted by atomic mass is 32.2. The largest absolute Gasteiger partial charge is 0.352 e. The Morgan fingerprint density at radius 2 is 1.83 bits per heavy atom. The molecule has 1 aliphatic heterocycles. The fourth-order valence-corrected chi connectivity index (χ4v) is 5.65. The molecule has 2 saturated carbocycles. The van der Waals surface area contributed by atoms with Crippen LogP contribution >= 0.6 is 0 Å². The summed E-state index contributed by atoms with van der Waals surface area (Å²) < 4.78 is 23.4. The Balaban J connectivity index is 1.68. The molecule has 0 radical (unpaired) electrons. The molecule has 23 heavy (non-hydrogen) atoms. The molecular weight excluding hydrogens is 316 g/mol. The van der Waals surface area contributed by atoms with Gasteiger partial charge in [0.1, 0.15) is 5.41 Å². The predicted octanol–water partition coefficient (Wildman–Crippen LogP) is 0.861. The van der Waals surface area contributed by atoms with Crippen LogP contribution < -0.4 is 5.32 Å². The molecule has 1 saturated heterocycles. The van der Waals surface area contributed by atoms with Gasteiger partial charge in [-0.1, -0.05) is 12.8 Å². The summed E-state index contributed by atoms with van der Waals surface area (Å²) in [6, 6.07) is -0.0658. The first-order chi connectivity index (χ1) is 10.9. The van der Waals surface area contributed by atoms with Gasteiger partial charge in [-0.15, -0.1) is 0 Å². The van der Waals surface area contributed by atoms with Gasteiger partial charge < -0.3 is 10.2 Å². The molecule has 0 bridgehead atoms. The minimum atomic E-state index is -3.04. The molecule has 2 amide bonds. The van der Waals surface area contributed by atoms with Crippen LogP contribution in [-0.2, 0) is 19.4 Å². The van der Waals surface area contributed by atoms with Crippen LogP contribution in [0.25, 0.3) is 0 Å². The fraction of sp³-hybridized carbons (Fsp3) is 0.875. The van der Waals surface area contributed by atoms with Crippen molar-refractivity contribution in [2.24, 2.45) is 5.41 Å². The Bertz CT molecular complexity index is 591. The number of nitrogens with one attached hydrogen (secondary N) is 1. The lowest BCUT2D eigenvalue weighted by molar-refractivity contribution is -0.145. The summed E-state index contributed by atoms with van der Waals surface area (Å²) in [5.74, 6) is -0.137. The van der Waals surface area contributed by atoms with Crippen molar-refractivity contribution in [2.75, 3.05) is 18.1 Å². The number of hydrogen-bond acceptors (Lipinski definition) is 4. The van der Waals surface area contributed by atoms with Gasteiger partial charge in [0.15, 0.2) is 9.84 Å². The van der Waals surface area contributed by atoms with Crippen molar-refractivity contribution < 1.29 is 18.0 Å². The van der Waals surface area contributed by atoms with Gasteiger partial charge in [-0.25, -0.2) is 8.42 Å². The van der Waals surface area contributed by atoms with Gasteiger partial charge in [0.25, 0.3) is 0 Å². The Hall–Kier alpha value is -1.11. The summed E-state index contributed by atoms with van der Waals surface area (Å²) >= 11 is 0. The number of rotatable bonds is 5. The summed E-state index contributed by atoms with van der Waals surface area (Å²) in [5.41, 5.74) is -0.926. The fourth-order valence-electron chi connectivity index (χ4n) is 3.92. The van der Waals surface area contributed by atoms with Crippen LogP contribution in [0.1, 0.15) is 51.9 Å². The average Bonchev–Trinajstić information content (AvgIpc) is 3.03. The quantitative estimate of drug-likeness (QED) is 0.751. The van der Waals surface area contributed by atoms with E-state index in [-0.39, 0.29) is 35.4 Å². The first-order valence-electron chi connectivity index (χ1n) is 8.70. The van der Waals surface area contributed by atoms with Crippen LogP contribution in [0.3, 0.4) is 0 Å². The van der Waals surface area contributed by atoms with Gasteiger partial charge in [0.05, 0.1) is 11.5 Å². The first-order valence-corrected chi connectivity index (χ1v) is 10.5.